The van der Waals surface area contributed by atoms with E-state index < -0.39 is 0 Å². The van der Waals surface area contributed by atoms with Crippen LogP contribution in [-0.4, -0.2) is 29.5 Å². The molecule has 2 heterocycles. The quantitative estimate of drug-likeness (QED) is 0.304. The predicted octanol–water partition coefficient (Wildman–Crippen LogP) is 5.05. The molecule has 2 aromatic heterocycles. The maximum Gasteiger partial charge on any atom is 0.251 e. The second kappa shape index (κ2) is 9.91. The molecule has 0 unspecified atom stereocenters. The number of carbonyl (C=O) groups is 1. The van der Waals surface area contributed by atoms with E-state index in [-0.39, 0.29) is 5.91 Å². The van der Waals surface area contributed by atoms with Crippen molar-refractivity contribution in [1.82, 2.24) is 15.3 Å². The van der Waals surface area contributed by atoms with Gasteiger partial charge in [-0.2, -0.15) is 0 Å². The smallest absolute Gasteiger partial charge is 0.251 e. The van der Waals surface area contributed by atoms with Crippen molar-refractivity contribution in [2.75, 3.05) is 13.7 Å². The molecule has 0 radical (unpaired) electrons. The molecule has 0 saturated carbocycles. The molecule has 156 valence electrons. The van der Waals surface area contributed by atoms with E-state index in [1.807, 2.05) is 78.2 Å². The molecule has 1 amide bonds. The van der Waals surface area contributed by atoms with Crippen molar-refractivity contribution >= 4 is 28.9 Å². The molecule has 0 aliphatic carbocycles. The number of thiophene rings is 1. The summed E-state index contributed by atoms with van der Waals surface area (Å²) in [4.78, 5) is 21.8. The third-order valence-electron chi connectivity index (χ3n) is 4.89. The Hall–Kier alpha value is -3.64. The van der Waals surface area contributed by atoms with E-state index >= 15 is 0 Å². The molecule has 5 nitrogen and oxygen atoms in total. The number of carbonyl (C=O) groups excluding carboxylic acids is 1. The summed E-state index contributed by atoms with van der Waals surface area (Å²) in [5.41, 5.74) is 4.39. The van der Waals surface area contributed by atoms with Gasteiger partial charge in [0.1, 0.15) is 11.4 Å². The summed E-state index contributed by atoms with van der Waals surface area (Å²) in [7, 11) is 1.64. The lowest BCUT2D eigenvalue weighted by Gasteiger charge is -2.10. The highest BCUT2D eigenvalue weighted by molar-refractivity contribution is 7.13. The fourth-order valence-electron chi connectivity index (χ4n) is 3.30. The first-order valence-electron chi connectivity index (χ1n) is 10.00. The Kier molecular flexibility index (Phi) is 6.59. The van der Waals surface area contributed by atoms with Gasteiger partial charge in [0.15, 0.2) is 0 Å². The lowest BCUT2D eigenvalue weighted by molar-refractivity contribution is -0.115. The van der Waals surface area contributed by atoms with Gasteiger partial charge in [-0.15, -0.1) is 11.3 Å². The molecule has 4 aromatic rings. The van der Waals surface area contributed by atoms with Crippen LogP contribution in [0.4, 0.5) is 0 Å². The van der Waals surface area contributed by atoms with Gasteiger partial charge in [-0.3, -0.25) is 4.79 Å². The van der Waals surface area contributed by atoms with Crippen LogP contribution in [0.2, 0.25) is 0 Å². The van der Waals surface area contributed by atoms with E-state index in [4.69, 9.17) is 4.74 Å². The molecule has 31 heavy (non-hydrogen) atoms. The van der Waals surface area contributed by atoms with Crippen LogP contribution in [0.1, 0.15) is 16.8 Å². The van der Waals surface area contributed by atoms with Crippen LogP contribution in [0.5, 0.6) is 5.75 Å². The lowest BCUT2D eigenvalue weighted by atomic mass is 10.0. The number of nitrogens with zero attached hydrogens (tertiary/aromatic N) is 1. The number of aromatic nitrogens is 2. The number of nitrogens with one attached hydrogen (secondary N) is 2. The number of ether oxygens (including phenoxy) is 1. The predicted molar refractivity (Wildman–Crippen MR) is 126 cm³/mol. The van der Waals surface area contributed by atoms with Crippen molar-refractivity contribution in [3.8, 4) is 16.3 Å². The Morgan fingerprint density at radius 3 is 2.61 bits per heavy atom. The first-order chi connectivity index (χ1) is 15.2. The van der Waals surface area contributed by atoms with Crippen molar-refractivity contribution in [3.63, 3.8) is 0 Å². The molecule has 4 rings (SSSR count). The first kappa shape index (κ1) is 20.6. The third kappa shape index (κ3) is 5.10. The highest BCUT2D eigenvalue weighted by atomic mass is 32.1. The molecule has 0 spiro atoms. The van der Waals surface area contributed by atoms with Gasteiger partial charge in [0.2, 0.25) is 0 Å². The number of methoxy groups -OCH3 is 1. The van der Waals surface area contributed by atoms with Crippen LogP contribution >= 0.6 is 11.3 Å². The molecule has 0 aliphatic heterocycles. The summed E-state index contributed by atoms with van der Waals surface area (Å²) >= 11 is 1.65. The zero-order chi connectivity index (χ0) is 21.5. The Labute approximate surface area is 185 Å². The molecular weight excluding hydrogens is 406 g/mol. The molecule has 6 heteroatoms. The Morgan fingerprint density at radius 1 is 1.10 bits per heavy atom. The Morgan fingerprint density at radius 2 is 1.90 bits per heavy atom. The summed E-state index contributed by atoms with van der Waals surface area (Å²) < 4.78 is 5.22. The van der Waals surface area contributed by atoms with E-state index in [1.165, 1.54) is 0 Å². The summed E-state index contributed by atoms with van der Waals surface area (Å²) in [6, 6.07) is 21.4. The number of hydrogen-bond acceptors (Lipinski definition) is 4. The van der Waals surface area contributed by atoms with Crippen molar-refractivity contribution < 1.29 is 9.53 Å². The fraction of sp³-hybridized carbons (Fsp3) is 0.120. The van der Waals surface area contributed by atoms with Gasteiger partial charge >= 0.3 is 0 Å². The van der Waals surface area contributed by atoms with Crippen LogP contribution in [0.25, 0.3) is 22.2 Å². The average Bonchev–Trinajstić information content (AvgIpc) is 3.50. The van der Waals surface area contributed by atoms with Crippen LogP contribution in [0.3, 0.4) is 0 Å². The zero-order valence-electron chi connectivity index (χ0n) is 17.2. The first-order valence-corrected chi connectivity index (χ1v) is 10.9. The number of imidazole rings is 1. The second-order valence-electron chi connectivity index (χ2n) is 6.91. The van der Waals surface area contributed by atoms with Crippen LogP contribution < -0.4 is 10.1 Å². The number of H-pyrrole nitrogens is 1. The normalized spacial score (nSPS) is 11.3. The highest BCUT2D eigenvalue weighted by Gasteiger charge is 2.13. The largest absolute Gasteiger partial charge is 0.497 e. The van der Waals surface area contributed by atoms with Crippen LogP contribution in [0, 0.1) is 0 Å². The number of amides is 1. The minimum atomic E-state index is -0.112. The second-order valence-corrected chi connectivity index (χ2v) is 7.86. The molecule has 0 saturated heterocycles. The molecule has 0 atom stereocenters. The van der Waals surface area contributed by atoms with Crippen molar-refractivity contribution in [1.29, 1.82) is 0 Å². The molecule has 2 aromatic carbocycles. The van der Waals surface area contributed by atoms with E-state index in [1.54, 1.807) is 24.8 Å². The van der Waals surface area contributed by atoms with Crippen LogP contribution in [-0.2, 0) is 11.2 Å². The molecular formula is C25H23N3O2S. The lowest BCUT2D eigenvalue weighted by Crippen LogP contribution is -2.26. The fourth-order valence-corrected chi connectivity index (χ4v) is 4.05. The number of benzene rings is 2. The minimum absolute atomic E-state index is 0.112. The maximum atomic E-state index is 13.1. The van der Waals surface area contributed by atoms with Gasteiger partial charge < -0.3 is 15.0 Å². The third-order valence-corrected chi connectivity index (χ3v) is 5.77. The zero-order valence-corrected chi connectivity index (χ0v) is 18.0. The van der Waals surface area contributed by atoms with E-state index in [0.29, 0.717) is 18.5 Å². The summed E-state index contributed by atoms with van der Waals surface area (Å²) in [6.07, 6.45) is 4.27. The summed E-state index contributed by atoms with van der Waals surface area (Å²) in [5.74, 6) is 0.670. The Balaban J connectivity index is 1.49. The standard InChI is InChI=1S/C25H23N3O2S/c1-30-20-11-9-18(10-12-20)16-21(19-6-3-2-4-7-19)25(29)26-14-13-22-24(28-17-27-22)23-8-5-15-31-23/h2-12,15-17H,13-14H2,1H3,(H,26,29)(H,27,28)/b21-16+. The van der Waals surface area contributed by atoms with Gasteiger partial charge in [0.25, 0.3) is 5.91 Å². The number of rotatable bonds is 8. The molecule has 0 fully saturated rings. The average molecular weight is 430 g/mol. The number of hydrogen-bond donors (Lipinski definition) is 2. The topological polar surface area (TPSA) is 67.0 Å². The van der Waals surface area contributed by atoms with E-state index in [2.05, 4.69) is 15.3 Å². The van der Waals surface area contributed by atoms with Crippen molar-refractivity contribution in [2.24, 2.45) is 0 Å². The van der Waals surface area contributed by atoms with Gasteiger partial charge in [-0.25, -0.2) is 4.98 Å². The SMILES string of the molecule is COc1ccc(/C=C(/C(=O)NCCc2[nH]cnc2-c2cccs2)c2ccccc2)cc1. The highest BCUT2D eigenvalue weighted by Crippen LogP contribution is 2.25. The maximum absolute atomic E-state index is 13.1. The van der Waals surface area contributed by atoms with Gasteiger partial charge in [0, 0.05) is 24.2 Å². The van der Waals surface area contributed by atoms with Gasteiger partial charge in [-0.1, -0.05) is 48.5 Å². The minimum Gasteiger partial charge on any atom is -0.497 e. The number of aromatic amines is 1. The van der Waals surface area contributed by atoms with Gasteiger partial charge in [0.05, 0.1) is 18.3 Å². The van der Waals surface area contributed by atoms with Crippen molar-refractivity contribution in [3.05, 3.63) is 95.3 Å². The van der Waals surface area contributed by atoms with Crippen molar-refractivity contribution in [2.45, 2.75) is 6.42 Å². The monoisotopic (exact) mass is 429 g/mol. The summed E-state index contributed by atoms with van der Waals surface area (Å²) in [5, 5.41) is 5.09. The van der Waals surface area contributed by atoms with E-state index in [0.717, 1.165) is 33.1 Å². The van der Waals surface area contributed by atoms with Crippen LogP contribution in [0.15, 0.2) is 78.4 Å². The van der Waals surface area contributed by atoms with E-state index in [9.17, 15) is 4.79 Å². The molecule has 0 bridgehead atoms. The molecule has 2 N–H and O–H groups in total. The van der Waals surface area contributed by atoms with Gasteiger partial charge in [-0.05, 0) is 40.8 Å². The molecule has 0 aliphatic rings. The summed E-state index contributed by atoms with van der Waals surface area (Å²) in [6.45, 7) is 0.506. The Bertz CT molecular complexity index is 1150.